The van der Waals surface area contributed by atoms with Crippen LogP contribution in [0.25, 0.3) is 0 Å². The molecule has 0 radical (unpaired) electrons. The summed E-state index contributed by atoms with van der Waals surface area (Å²) in [6, 6.07) is 16.3. The molecule has 1 fully saturated rings. The van der Waals surface area contributed by atoms with Crippen molar-refractivity contribution in [2.24, 2.45) is 0 Å². The number of hydrogen-bond acceptors (Lipinski definition) is 7. The zero-order valence-corrected chi connectivity index (χ0v) is 19.7. The van der Waals surface area contributed by atoms with Crippen molar-refractivity contribution < 1.29 is 27.6 Å². The van der Waals surface area contributed by atoms with Gasteiger partial charge in [-0.1, -0.05) is 30.3 Å². The van der Waals surface area contributed by atoms with Crippen LogP contribution in [0, 0.1) is 0 Å². The van der Waals surface area contributed by atoms with Gasteiger partial charge in [0.25, 0.3) is 16.0 Å². The van der Waals surface area contributed by atoms with Crippen LogP contribution in [0.1, 0.15) is 6.42 Å². The third-order valence-corrected chi connectivity index (χ3v) is 6.49. The van der Waals surface area contributed by atoms with E-state index in [9.17, 15) is 18.3 Å². The van der Waals surface area contributed by atoms with E-state index in [-0.39, 0.29) is 48.6 Å². The number of hydrogen-bond donors (Lipinski definition) is 2. The lowest BCUT2D eigenvalue weighted by molar-refractivity contribution is -0.114. The number of benzene rings is 2. The Kier molecular flexibility index (Phi) is 6.98. The van der Waals surface area contributed by atoms with Crippen molar-refractivity contribution >= 4 is 44.7 Å². The summed E-state index contributed by atoms with van der Waals surface area (Å²) < 4.78 is 37.3. The number of anilines is 2. The van der Waals surface area contributed by atoms with E-state index in [2.05, 4.69) is 0 Å². The van der Waals surface area contributed by atoms with E-state index < -0.39 is 10.1 Å². The Balaban J connectivity index is 1.65. The molecule has 1 amide bonds. The molecule has 1 saturated heterocycles. The Hall–Kier alpha value is -3.25. The highest BCUT2D eigenvalue weighted by molar-refractivity contribution is 7.85. The molecule has 34 heavy (non-hydrogen) atoms. The van der Waals surface area contributed by atoms with Crippen LogP contribution in [0.3, 0.4) is 0 Å². The predicted molar refractivity (Wildman–Crippen MR) is 132 cm³/mol. The van der Waals surface area contributed by atoms with Crippen molar-refractivity contribution in [3.8, 4) is 5.75 Å². The molecular formula is C23H23N3O6S2. The molecule has 2 aliphatic rings. The Morgan fingerprint density at radius 3 is 2.38 bits per heavy atom. The first-order valence-corrected chi connectivity index (χ1v) is 12.6. The molecule has 178 valence electrons. The van der Waals surface area contributed by atoms with Crippen molar-refractivity contribution in [1.29, 1.82) is 0 Å². The van der Waals surface area contributed by atoms with Crippen molar-refractivity contribution in [3.05, 3.63) is 78.3 Å². The molecule has 0 unspecified atom stereocenters. The van der Waals surface area contributed by atoms with E-state index in [1.165, 1.54) is 4.90 Å². The third-order valence-electron chi connectivity index (χ3n) is 5.28. The number of aliphatic hydroxyl groups is 1. The number of nitrogens with zero attached hydrogens (tertiary/aromatic N) is 3. The van der Waals surface area contributed by atoms with Crippen LogP contribution >= 0.6 is 12.2 Å². The Morgan fingerprint density at radius 1 is 0.971 bits per heavy atom. The third kappa shape index (κ3) is 4.97. The maximum Gasteiger partial charge on any atom is 0.281 e. The standard InChI is InChI=1S/C23H23N3O6S2/c27-15-14-25-19(22(28)26(23(25)33)17-7-2-1-3-8-17)11-12-21-24(13-6-16-34(29,30)31)18-9-4-5-10-20(18)32-21/h1-5,7-12,27H,6,13-16H2,(H,29,30,31). The largest absolute Gasteiger partial charge is 0.439 e. The first kappa shape index (κ1) is 23.9. The smallest absolute Gasteiger partial charge is 0.281 e. The van der Waals surface area contributed by atoms with E-state index in [4.69, 9.17) is 21.5 Å². The summed E-state index contributed by atoms with van der Waals surface area (Å²) in [5.41, 5.74) is 1.63. The van der Waals surface area contributed by atoms with E-state index in [1.807, 2.05) is 24.3 Å². The fourth-order valence-electron chi connectivity index (χ4n) is 3.79. The van der Waals surface area contributed by atoms with Crippen LogP contribution in [0.5, 0.6) is 5.75 Å². The van der Waals surface area contributed by atoms with Gasteiger partial charge in [-0.2, -0.15) is 8.42 Å². The molecule has 2 N–H and O–H groups in total. The van der Waals surface area contributed by atoms with Crippen molar-refractivity contribution in [1.82, 2.24) is 4.90 Å². The zero-order chi connectivity index (χ0) is 24.3. The summed E-state index contributed by atoms with van der Waals surface area (Å²) in [7, 11) is -4.09. The van der Waals surface area contributed by atoms with Gasteiger partial charge in [0.2, 0.25) is 5.88 Å². The van der Waals surface area contributed by atoms with Crippen LogP contribution in [0.15, 0.2) is 78.3 Å². The van der Waals surface area contributed by atoms with Gasteiger partial charge in [-0.15, -0.1) is 0 Å². The molecule has 0 saturated carbocycles. The number of allylic oxidation sites excluding steroid dienone is 2. The van der Waals surface area contributed by atoms with Gasteiger partial charge in [0.05, 0.1) is 23.7 Å². The number of fused-ring (bicyclic) bond motifs is 1. The summed E-state index contributed by atoms with van der Waals surface area (Å²) in [6.07, 6.45) is 3.36. The number of para-hydroxylation sites is 3. The van der Waals surface area contributed by atoms with E-state index in [0.29, 0.717) is 17.3 Å². The van der Waals surface area contributed by atoms with Gasteiger partial charge in [-0.05, 0) is 49.0 Å². The molecule has 2 heterocycles. The van der Waals surface area contributed by atoms with Gasteiger partial charge >= 0.3 is 0 Å². The minimum atomic E-state index is -4.09. The van der Waals surface area contributed by atoms with Crippen LogP contribution in [0.2, 0.25) is 0 Å². The molecule has 11 heteroatoms. The Labute approximate surface area is 202 Å². The Bertz CT molecular complexity index is 1260. The van der Waals surface area contributed by atoms with E-state index >= 15 is 0 Å². The number of carbonyl (C=O) groups excluding carboxylic acids is 1. The number of carbonyl (C=O) groups is 1. The lowest BCUT2D eigenvalue weighted by Crippen LogP contribution is -2.33. The second-order valence-corrected chi connectivity index (χ2v) is 9.49. The SMILES string of the molecule is O=C1C(=CC=C2Oc3ccccc3N2CCCS(=O)(=O)O)N(CCO)C(=S)N1c1ccccc1. The fourth-order valence-corrected chi connectivity index (χ4v) is 4.66. The van der Waals surface area contributed by atoms with Gasteiger partial charge in [-0.3, -0.25) is 14.2 Å². The van der Waals surface area contributed by atoms with E-state index in [0.717, 1.165) is 5.69 Å². The molecule has 2 aliphatic heterocycles. The zero-order valence-electron chi connectivity index (χ0n) is 18.1. The number of β-amino-alcohol motifs (C(OH)–C–C–N with tert-alkyl or cyclic N) is 1. The van der Waals surface area contributed by atoms with Crippen molar-refractivity contribution in [2.45, 2.75) is 6.42 Å². The summed E-state index contributed by atoms with van der Waals surface area (Å²) in [5, 5.41) is 9.79. The minimum absolute atomic E-state index is 0.141. The minimum Gasteiger partial charge on any atom is -0.439 e. The lowest BCUT2D eigenvalue weighted by Gasteiger charge is -2.19. The summed E-state index contributed by atoms with van der Waals surface area (Å²) in [6.45, 7) is 0.213. The van der Waals surface area contributed by atoms with E-state index in [1.54, 1.807) is 52.3 Å². The molecule has 0 aliphatic carbocycles. The molecule has 2 aromatic carbocycles. The van der Waals surface area contributed by atoms with Gasteiger partial charge < -0.3 is 19.6 Å². The molecule has 2 aromatic rings. The molecular weight excluding hydrogens is 478 g/mol. The van der Waals surface area contributed by atoms with Crippen LogP contribution in [-0.2, 0) is 14.9 Å². The highest BCUT2D eigenvalue weighted by Crippen LogP contribution is 2.39. The second-order valence-electron chi connectivity index (χ2n) is 7.55. The monoisotopic (exact) mass is 501 g/mol. The van der Waals surface area contributed by atoms with Crippen molar-refractivity contribution in [2.75, 3.05) is 35.2 Å². The maximum absolute atomic E-state index is 13.3. The summed E-state index contributed by atoms with van der Waals surface area (Å²) in [5.74, 6) is 0.258. The van der Waals surface area contributed by atoms with Crippen molar-refractivity contribution in [3.63, 3.8) is 0 Å². The predicted octanol–water partition coefficient (Wildman–Crippen LogP) is 2.51. The topological polar surface area (TPSA) is 111 Å². The fraction of sp³-hybridized carbons (Fsp3) is 0.217. The molecule has 4 rings (SSSR count). The first-order chi connectivity index (χ1) is 16.3. The maximum atomic E-state index is 13.3. The number of thiocarbonyl (C=S) groups is 1. The van der Waals surface area contributed by atoms with Crippen LogP contribution < -0.4 is 14.5 Å². The number of rotatable bonds is 8. The average molecular weight is 502 g/mol. The molecule has 0 atom stereocenters. The Morgan fingerprint density at radius 2 is 1.68 bits per heavy atom. The molecule has 0 aromatic heterocycles. The average Bonchev–Trinajstić information content (AvgIpc) is 3.27. The lowest BCUT2D eigenvalue weighted by atomic mass is 10.2. The highest BCUT2D eigenvalue weighted by atomic mass is 32.2. The number of aliphatic hydroxyl groups excluding tert-OH is 1. The number of amides is 1. The normalized spacial score (nSPS) is 18.2. The summed E-state index contributed by atoms with van der Waals surface area (Å²) in [4.78, 5) is 18.0. The van der Waals surface area contributed by atoms with Crippen LogP contribution in [-0.4, -0.2) is 59.4 Å². The quantitative estimate of drug-likeness (QED) is 0.320. The molecule has 0 spiro atoms. The van der Waals surface area contributed by atoms with Crippen LogP contribution in [0.4, 0.5) is 11.4 Å². The number of ether oxygens (including phenoxy) is 1. The highest BCUT2D eigenvalue weighted by Gasteiger charge is 2.38. The molecule has 9 nitrogen and oxygen atoms in total. The van der Waals surface area contributed by atoms with Gasteiger partial charge in [-0.25, -0.2) is 0 Å². The molecule has 0 bridgehead atoms. The van der Waals surface area contributed by atoms with Gasteiger partial charge in [0.15, 0.2) is 10.9 Å². The second kappa shape index (κ2) is 9.94. The summed E-state index contributed by atoms with van der Waals surface area (Å²) >= 11 is 5.52. The van der Waals surface area contributed by atoms with Gasteiger partial charge in [0.1, 0.15) is 5.70 Å². The van der Waals surface area contributed by atoms with Gasteiger partial charge in [0, 0.05) is 19.2 Å². The first-order valence-electron chi connectivity index (χ1n) is 10.5.